The minimum atomic E-state index is -0.378. The maximum atomic E-state index is 10.5. The predicted octanol–water partition coefficient (Wildman–Crippen LogP) is 3.20. The third-order valence-corrected chi connectivity index (χ3v) is 3.36. The summed E-state index contributed by atoms with van der Waals surface area (Å²) in [6, 6.07) is 6.59. The Morgan fingerprint density at radius 3 is 2.44 bits per heavy atom. The molecule has 1 aliphatic rings. The molecule has 1 saturated carbocycles. The van der Waals surface area contributed by atoms with Gasteiger partial charge in [0, 0.05) is 24.4 Å². The maximum Gasteiger partial charge on any atom is 0.269 e. The smallest absolute Gasteiger partial charge is 0.269 e. The zero-order chi connectivity index (χ0) is 11.6. The van der Waals surface area contributed by atoms with E-state index in [2.05, 4.69) is 12.2 Å². The Balaban J connectivity index is 1.92. The van der Waals surface area contributed by atoms with E-state index in [0.29, 0.717) is 5.41 Å². The van der Waals surface area contributed by atoms with E-state index in [-0.39, 0.29) is 10.6 Å². The highest BCUT2D eigenvalue weighted by atomic mass is 16.6. The quantitative estimate of drug-likeness (QED) is 0.626. The van der Waals surface area contributed by atoms with E-state index in [0.717, 1.165) is 12.2 Å². The van der Waals surface area contributed by atoms with Crippen LogP contribution in [0.2, 0.25) is 0 Å². The number of rotatable bonds is 4. The molecule has 1 N–H and O–H groups in total. The number of nitrogens with zero attached hydrogens (tertiary/aromatic N) is 1. The van der Waals surface area contributed by atoms with Crippen LogP contribution in [0, 0.1) is 15.5 Å². The highest BCUT2D eigenvalue weighted by Crippen LogP contribution is 2.40. The molecule has 16 heavy (non-hydrogen) atoms. The lowest BCUT2D eigenvalue weighted by molar-refractivity contribution is -0.384. The molecule has 0 aromatic heterocycles. The van der Waals surface area contributed by atoms with Crippen LogP contribution in [0.25, 0.3) is 0 Å². The van der Waals surface area contributed by atoms with E-state index < -0.39 is 0 Å². The van der Waals surface area contributed by atoms with Crippen molar-refractivity contribution in [3.05, 3.63) is 34.4 Å². The van der Waals surface area contributed by atoms with Crippen molar-refractivity contribution in [2.45, 2.75) is 26.2 Å². The number of hydrogen-bond acceptors (Lipinski definition) is 3. The molecule has 0 heterocycles. The third-order valence-electron chi connectivity index (χ3n) is 3.36. The second kappa shape index (κ2) is 4.12. The van der Waals surface area contributed by atoms with Gasteiger partial charge in [-0.3, -0.25) is 10.1 Å². The molecule has 1 aromatic carbocycles. The molecule has 0 aliphatic heterocycles. The molecule has 2 rings (SSSR count). The van der Waals surface area contributed by atoms with Gasteiger partial charge in [0.25, 0.3) is 5.69 Å². The summed E-state index contributed by atoms with van der Waals surface area (Å²) < 4.78 is 0. The molecule has 0 amide bonds. The van der Waals surface area contributed by atoms with Crippen molar-refractivity contribution in [1.82, 2.24) is 0 Å². The third kappa shape index (κ3) is 2.32. The highest BCUT2D eigenvalue weighted by Gasteiger charge is 2.31. The Morgan fingerprint density at radius 2 is 2.00 bits per heavy atom. The lowest BCUT2D eigenvalue weighted by atomic mass is 9.70. The number of nitro groups is 1. The van der Waals surface area contributed by atoms with Gasteiger partial charge in [-0.2, -0.15) is 0 Å². The number of non-ortho nitro benzene ring substituents is 1. The molecule has 86 valence electrons. The van der Waals surface area contributed by atoms with E-state index in [4.69, 9.17) is 0 Å². The fourth-order valence-corrected chi connectivity index (χ4v) is 1.97. The first-order valence-corrected chi connectivity index (χ1v) is 5.57. The number of nitro benzene ring substituents is 1. The van der Waals surface area contributed by atoms with Crippen LogP contribution in [0.4, 0.5) is 11.4 Å². The second-order valence-corrected chi connectivity index (χ2v) is 4.82. The van der Waals surface area contributed by atoms with Gasteiger partial charge in [-0.1, -0.05) is 13.3 Å². The SMILES string of the molecule is CC1(CNc2ccc([N+](=O)[O-])cc2)CCC1. The number of hydrogen-bond donors (Lipinski definition) is 1. The summed E-state index contributed by atoms with van der Waals surface area (Å²) in [5.41, 5.74) is 1.51. The first-order chi connectivity index (χ1) is 7.59. The van der Waals surface area contributed by atoms with Crippen molar-refractivity contribution in [3.63, 3.8) is 0 Å². The van der Waals surface area contributed by atoms with Crippen LogP contribution in [0.15, 0.2) is 24.3 Å². The second-order valence-electron chi connectivity index (χ2n) is 4.82. The molecule has 0 unspecified atom stereocenters. The molecule has 4 heteroatoms. The first kappa shape index (κ1) is 10.9. The molecule has 1 fully saturated rings. The van der Waals surface area contributed by atoms with Crippen molar-refractivity contribution in [1.29, 1.82) is 0 Å². The van der Waals surface area contributed by atoms with Crippen LogP contribution >= 0.6 is 0 Å². The summed E-state index contributed by atoms with van der Waals surface area (Å²) >= 11 is 0. The zero-order valence-electron chi connectivity index (χ0n) is 9.40. The van der Waals surface area contributed by atoms with Crippen LogP contribution < -0.4 is 5.32 Å². The van der Waals surface area contributed by atoms with Gasteiger partial charge in [0.1, 0.15) is 0 Å². The van der Waals surface area contributed by atoms with Crippen LogP contribution in [-0.2, 0) is 0 Å². The predicted molar refractivity (Wildman–Crippen MR) is 63.5 cm³/mol. The Bertz CT molecular complexity index is 383. The van der Waals surface area contributed by atoms with Gasteiger partial charge in [-0.05, 0) is 30.4 Å². The zero-order valence-corrected chi connectivity index (χ0v) is 9.40. The average molecular weight is 220 g/mol. The minimum Gasteiger partial charge on any atom is -0.384 e. The van der Waals surface area contributed by atoms with Crippen molar-refractivity contribution in [2.75, 3.05) is 11.9 Å². The highest BCUT2D eigenvalue weighted by molar-refractivity contribution is 5.48. The van der Waals surface area contributed by atoms with Crippen molar-refractivity contribution in [2.24, 2.45) is 5.41 Å². The Morgan fingerprint density at radius 1 is 1.38 bits per heavy atom. The fourth-order valence-electron chi connectivity index (χ4n) is 1.97. The number of nitrogens with one attached hydrogen (secondary N) is 1. The number of benzene rings is 1. The first-order valence-electron chi connectivity index (χ1n) is 5.57. The van der Waals surface area contributed by atoms with Gasteiger partial charge in [0.2, 0.25) is 0 Å². The summed E-state index contributed by atoms with van der Waals surface area (Å²) in [5.74, 6) is 0. The van der Waals surface area contributed by atoms with Crippen LogP contribution in [0.5, 0.6) is 0 Å². The molecular weight excluding hydrogens is 204 g/mol. The summed E-state index contributed by atoms with van der Waals surface area (Å²) in [6.07, 6.45) is 3.86. The summed E-state index contributed by atoms with van der Waals surface area (Å²) in [7, 11) is 0. The molecule has 1 aromatic rings. The molecule has 4 nitrogen and oxygen atoms in total. The van der Waals surface area contributed by atoms with Gasteiger partial charge < -0.3 is 5.32 Å². The Hall–Kier alpha value is -1.58. The average Bonchev–Trinajstić information content (AvgIpc) is 2.24. The van der Waals surface area contributed by atoms with Crippen LogP contribution in [0.3, 0.4) is 0 Å². The monoisotopic (exact) mass is 220 g/mol. The largest absolute Gasteiger partial charge is 0.384 e. The Labute approximate surface area is 94.8 Å². The Kier molecular flexibility index (Phi) is 2.81. The van der Waals surface area contributed by atoms with E-state index in [9.17, 15) is 10.1 Å². The topological polar surface area (TPSA) is 55.2 Å². The lowest BCUT2D eigenvalue weighted by Crippen LogP contribution is -2.33. The van der Waals surface area contributed by atoms with Crippen molar-refractivity contribution < 1.29 is 4.92 Å². The fraction of sp³-hybridized carbons (Fsp3) is 0.500. The van der Waals surface area contributed by atoms with Gasteiger partial charge in [0.05, 0.1) is 4.92 Å². The molecule has 1 aliphatic carbocycles. The summed E-state index contributed by atoms with van der Waals surface area (Å²) in [6.45, 7) is 3.22. The molecule has 0 spiro atoms. The minimum absolute atomic E-state index is 0.139. The van der Waals surface area contributed by atoms with Crippen LogP contribution in [-0.4, -0.2) is 11.5 Å². The van der Waals surface area contributed by atoms with Crippen molar-refractivity contribution in [3.8, 4) is 0 Å². The lowest BCUT2D eigenvalue weighted by Gasteiger charge is -2.38. The molecular formula is C12H16N2O2. The van der Waals surface area contributed by atoms with E-state index >= 15 is 0 Å². The molecule has 0 radical (unpaired) electrons. The molecule has 0 atom stereocenters. The van der Waals surface area contributed by atoms with E-state index in [1.807, 2.05) is 0 Å². The molecule has 0 saturated heterocycles. The van der Waals surface area contributed by atoms with Crippen LogP contribution in [0.1, 0.15) is 26.2 Å². The van der Waals surface area contributed by atoms with Gasteiger partial charge >= 0.3 is 0 Å². The summed E-state index contributed by atoms with van der Waals surface area (Å²) in [4.78, 5) is 10.1. The molecule has 0 bridgehead atoms. The number of anilines is 1. The van der Waals surface area contributed by atoms with Crippen molar-refractivity contribution >= 4 is 11.4 Å². The van der Waals surface area contributed by atoms with E-state index in [1.54, 1.807) is 12.1 Å². The van der Waals surface area contributed by atoms with E-state index in [1.165, 1.54) is 31.4 Å². The van der Waals surface area contributed by atoms with Gasteiger partial charge in [0.15, 0.2) is 0 Å². The van der Waals surface area contributed by atoms with Gasteiger partial charge in [-0.15, -0.1) is 0 Å². The summed E-state index contributed by atoms with van der Waals surface area (Å²) in [5, 5.41) is 13.8. The standard InChI is InChI=1S/C12H16N2O2/c1-12(7-2-8-12)9-13-10-3-5-11(6-4-10)14(15)16/h3-6,13H,2,7-9H2,1H3. The normalized spacial score (nSPS) is 17.6. The van der Waals surface area contributed by atoms with Gasteiger partial charge in [-0.25, -0.2) is 0 Å². The maximum absolute atomic E-state index is 10.5.